The first-order valence-electron chi connectivity index (χ1n) is 7.30. The van der Waals surface area contributed by atoms with Gasteiger partial charge in [-0.3, -0.25) is 9.78 Å². The van der Waals surface area contributed by atoms with Crippen LogP contribution in [0.25, 0.3) is 0 Å². The second kappa shape index (κ2) is 7.89. The minimum Gasteiger partial charge on any atom is -0.492 e. The van der Waals surface area contributed by atoms with E-state index in [4.69, 9.17) is 4.74 Å². The van der Waals surface area contributed by atoms with Gasteiger partial charge in [0.05, 0.1) is 12.8 Å². The zero-order valence-corrected chi connectivity index (χ0v) is 13.9. The summed E-state index contributed by atoms with van der Waals surface area (Å²) >= 11 is 0. The molecule has 0 aliphatic rings. The van der Waals surface area contributed by atoms with E-state index in [1.165, 1.54) is 12.3 Å². The van der Waals surface area contributed by atoms with Crippen LogP contribution in [0.3, 0.4) is 0 Å². The molecule has 0 amide bonds. The molecular weight excluding hydrogens is 332 g/mol. The molecule has 128 valence electrons. The number of hydrogen-bond acceptors (Lipinski definition) is 5. The van der Waals surface area contributed by atoms with E-state index < -0.39 is 22.0 Å². The SMILES string of the molecule is CCOc1ccncc1S(=O)(=O)N[C@H](Cc1ccccc1)C(=O)O. The van der Waals surface area contributed by atoms with Crippen molar-refractivity contribution in [3.8, 4) is 5.75 Å². The lowest BCUT2D eigenvalue weighted by atomic mass is 10.1. The Hall–Kier alpha value is -2.45. The third-order valence-electron chi connectivity index (χ3n) is 3.21. The smallest absolute Gasteiger partial charge is 0.322 e. The van der Waals surface area contributed by atoms with Crippen LogP contribution in [0.15, 0.2) is 53.7 Å². The first kappa shape index (κ1) is 17.9. The average molecular weight is 350 g/mol. The van der Waals surface area contributed by atoms with Crippen molar-refractivity contribution in [3.05, 3.63) is 54.4 Å². The molecule has 0 spiro atoms. The van der Waals surface area contributed by atoms with Gasteiger partial charge in [0.25, 0.3) is 0 Å². The van der Waals surface area contributed by atoms with Crippen molar-refractivity contribution in [2.45, 2.75) is 24.3 Å². The molecule has 2 N–H and O–H groups in total. The molecule has 0 fully saturated rings. The number of aromatic nitrogens is 1. The summed E-state index contributed by atoms with van der Waals surface area (Å²) in [6.07, 6.45) is 2.57. The maximum absolute atomic E-state index is 12.5. The summed E-state index contributed by atoms with van der Waals surface area (Å²) in [4.78, 5) is 15.0. The van der Waals surface area contributed by atoms with Crippen molar-refractivity contribution in [3.63, 3.8) is 0 Å². The Morgan fingerprint density at radius 2 is 2.00 bits per heavy atom. The Kier molecular flexibility index (Phi) is 5.88. The summed E-state index contributed by atoms with van der Waals surface area (Å²) in [6, 6.07) is 8.92. The summed E-state index contributed by atoms with van der Waals surface area (Å²) in [5, 5.41) is 9.34. The standard InChI is InChI=1S/C16H18N2O5S/c1-2-23-14-8-9-17-11-15(14)24(21,22)18-13(16(19)20)10-12-6-4-3-5-7-12/h3-9,11,13,18H,2,10H2,1H3,(H,19,20)/t13-/m1/s1. The van der Waals surface area contributed by atoms with Crippen molar-refractivity contribution in [2.24, 2.45) is 0 Å². The normalized spacial score (nSPS) is 12.5. The molecule has 0 aliphatic carbocycles. The number of ether oxygens (including phenoxy) is 1. The van der Waals surface area contributed by atoms with Gasteiger partial charge in [0.1, 0.15) is 16.7 Å². The van der Waals surface area contributed by atoms with Gasteiger partial charge in [0, 0.05) is 6.20 Å². The third kappa shape index (κ3) is 4.53. The van der Waals surface area contributed by atoms with Crippen LogP contribution < -0.4 is 9.46 Å². The minimum absolute atomic E-state index is 0.0274. The van der Waals surface area contributed by atoms with Gasteiger partial charge in [-0.1, -0.05) is 30.3 Å². The monoisotopic (exact) mass is 350 g/mol. The minimum atomic E-state index is -4.10. The van der Waals surface area contributed by atoms with Gasteiger partial charge in [-0.15, -0.1) is 0 Å². The molecule has 8 heteroatoms. The Morgan fingerprint density at radius 1 is 1.29 bits per heavy atom. The number of carboxylic acids is 1. The van der Waals surface area contributed by atoms with Crippen LogP contribution in [0, 0.1) is 0 Å². The number of rotatable bonds is 8. The fourth-order valence-corrected chi connectivity index (χ4v) is 3.40. The summed E-state index contributed by atoms with van der Waals surface area (Å²) in [5.74, 6) is -1.13. The largest absolute Gasteiger partial charge is 0.492 e. The number of benzene rings is 1. The van der Waals surface area contributed by atoms with Crippen molar-refractivity contribution < 1.29 is 23.1 Å². The quantitative estimate of drug-likeness (QED) is 0.746. The van der Waals surface area contributed by atoms with Crippen LogP contribution in [0.4, 0.5) is 0 Å². The van der Waals surface area contributed by atoms with E-state index in [1.807, 2.05) is 0 Å². The van der Waals surface area contributed by atoms with Gasteiger partial charge in [0.2, 0.25) is 10.0 Å². The highest BCUT2D eigenvalue weighted by Gasteiger charge is 2.28. The summed E-state index contributed by atoms with van der Waals surface area (Å²) in [7, 11) is -4.10. The number of aliphatic carboxylic acids is 1. The highest BCUT2D eigenvalue weighted by Crippen LogP contribution is 2.22. The van der Waals surface area contributed by atoms with Crippen LogP contribution in [0.1, 0.15) is 12.5 Å². The zero-order chi connectivity index (χ0) is 17.6. The first-order valence-corrected chi connectivity index (χ1v) is 8.78. The summed E-state index contributed by atoms with van der Waals surface area (Å²) in [6.45, 7) is 2.00. The van der Waals surface area contributed by atoms with E-state index in [2.05, 4.69) is 9.71 Å². The molecule has 0 bridgehead atoms. The van der Waals surface area contributed by atoms with E-state index in [1.54, 1.807) is 37.3 Å². The van der Waals surface area contributed by atoms with Crippen molar-refractivity contribution in [1.82, 2.24) is 9.71 Å². The molecule has 0 unspecified atom stereocenters. The third-order valence-corrected chi connectivity index (χ3v) is 4.69. The molecule has 1 atom stereocenters. The van der Waals surface area contributed by atoms with Gasteiger partial charge in [0.15, 0.2) is 0 Å². The van der Waals surface area contributed by atoms with E-state index in [-0.39, 0.29) is 23.7 Å². The first-order chi connectivity index (χ1) is 11.4. The molecule has 2 aromatic rings. The maximum Gasteiger partial charge on any atom is 0.322 e. The lowest BCUT2D eigenvalue weighted by molar-refractivity contribution is -0.138. The van der Waals surface area contributed by atoms with Crippen LogP contribution >= 0.6 is 0 Å². The predicted octanol–water partition coefficient (Wildman–Crippen LogP) is 1.45. The van der Waals surface area contributed by atoms with E-state index in [9.17, 15) is 18.3 Å². The average Bonchev–Trinajstić information content (AvgIpc) is 2.55. The van der Waals surface area contributed by atoms with Crippen LogP contribution in [-0.4, -0.2) is 37.1 Å². The van der Waals surface area contributed by atoms with Crippen molar-refractivity contribution >= 4 is 16.0 Å². The molecule has 1 heterocycles. The van der Waals surface area contributed by atoms with Gasteiger partial charge in [-0.25, -0.2) is 8.42 Å². The van der Waals surface area contributed by atoms with Crippen LogP contribution in [-0.2, 0) is 21.2 Å². The number of nitrogens with one attached hydrogen (secondary N) is 1. The Balaban J connectivity index is 2.26. The number of carbonyl (C=O) groups is 1. The molecule has 0 saturated carbocycles. The number of carboxylic acid groups (broad SMARTS) is 1. The topological polar surface area (TPSA) is 106 Å². The van der Waals surface area contributed by atoms with E-state index >= 15 is 0 Å². The van der Waals surface area contributed by atoms with Crippen molar-refractivity contribution in [2.75, 3.05) is 6.61 Å². The van der Waals surface area contributed by atoms with Crippen molar-refractivity contribution in [1.29, 1.82) is 0 Å². The fraction of sp³-hybridized carbons (Fsp3) is 0.250. The summed E-state index contributed by atoms with van der Waals surface area (Å²) in [5.41, 5.74) is 0.712. The molecule has 0 aliphatic heterocycles. The van der Waals surface area contributed by atoms with Gasteiger partial charge in [-0.05, 0) is 25.0 Å². The van der Waals surface area contributed by atoms with Gasteiger partial charge >= 0.3 is 5.97 Å². The number of pyridine rings is 1. The lowest BCUT2D eigenvalue weighted by Crippen LogP contribution is -2.42. The molecule has 1 aromatic carbocycles. The molecule has 7 nitrogen and oxygen atoms in total. The van der Waals surface area contributed by atoms with Crippen LogP contribution in [0.5, 0.6) is 5.75 Å². The Morgan fingerprint density at radius 3 is 2.62 bits per heavy atom. The van der Waals surface area contributed by atoms with Gasteiger partial charge < -0.3 is 9.84 Å². The molecule has 0 radical (unpaired) electrons. The molecule has 1 aromatic heterocycles. The zero-order valence-electron chi connectivity index (χ0n) is 13.0. The second-order valence-corrected chi connectivity index (χ2v) is 6.64. The second-order valence-electron chi connectivity index (χ2n) is 4.96. The Labute approximate surface area is 140 Å². The number of nitrogens with zero attached hydrogens (tertiary/aromatic N) is 1. The molecule has 2 rings (SSSR count). The van der Waals surface area contributed by atoms with Crippen LogP contribution in [0.2, 0.25) is 0 Å². The highest BCUT2D eigenvalue weighted by atomic mass is 32.2. The fourth-order valence-electron chi connectivity index (χ4n) is 2.12. The van der Waals surface area contributed by atoms with Gasteiger partial charge in [-0.2, -0.15) is 4.72 Å². The maximum atomic E-state index is 12.5. The molecule has 24 heavy (non-hydrogen) atoms. The summed E-state index contributed by atoms with van der Waals surface area (Å²) < 4.78 is 32.6. The van der Waals surface area contributed by atoms with E-state index in [0.717, 1.165) is 6.20 Å². The lowest BCUT2D eigenvalue weighted by Gasteiger charge is -2.16. The molecule has 0 saturated heterocycles. The van der Waals surface area contributed by atoms with E-state index in [0.29, 0.717) is 5.56 Å². The predicted molar refractivity (Wildman–Crippen MR) is 87.3 cm³/mol. The Bertz CT molecular complexity index is 793. The highest BCUT2D eigenvalue weighted by molar-refractivity contribution is 7.89. The number of hydrogen-bond donors (Lipinski definition) is 2. The number of sulfonamides is 1. The molecular formula is C16H18N2O5S.